The molecule has 33 heavy (non-hydrogen) atoms. The molecular weight excluding hydrogens is 454 g/mol. The summed E-state index contributed by atoms with van der Waals surface area (Å²) < 4.78 is 12.5. The normalized spacial score (nSPS) is 11.0. The summed E-state index contributed by atoms with van der Waals surface area (Å²) in [5.41, 5.74) is 4.46. The topological polar surface area (TPSA) is 65.4 Å². The maximum absolute atomic E-state index is 12.9. The van der Waals surface area contributed by atoms with E-state index in [1.807, 2.05) is 43.3 Å². The molecule has 4 rings (SSSR count). The first kappa shape index (κ1) is 23.2. The van der Waals surface area contributed by atoms with Crippen molar-refractivity contribution in [2.45, 2.75) is 19.9 Å². The van der Waals surface area contributed by atoms with Crippen LogP contribution in [0.5, 0.6) is 5.75 Å². The zero-order chi connectivity index (χ0) is 23.2. The highest BCUT2D eigenvalue weighted by atomic mass is 32.1. The fourth-order valence-electron chi connectivity index (χ4n) is 3.62. The predicted octanol–water partition coefficient (Wildman–Crippen LogP) is 5.47. The molecule has 0 saturated heterocycles. The number of nitrogens with one attached hydrogen (secondary N) is 1. The number of amides is 1. The zero-order valence-corrected chi connectivity index (χ0v) is 20.6. The van der Waals surface area contributed by atoms with Gasteiger partial charge in [0, 0.05) is 41.8 Å². The molecule has 0 bridgehead atoms. The fraction of sp³-hybridized carbons (Fsp3) is 0.280. The summed E-state index contributed by atoms with van der Waals surface area (Å²) in [6.07, 6.45) is 0.779. The predicted molar refractivity (Wildman–Crippen MR) is 135 cm³/mol. The molecule has 1 amide bonds. The summed E-state index contributed by atoms with van der Waals surface area (Å²) in [4.78, 5) is 19.1. The van der Waals surface area contributed by atoms with Gasteiger partial charge in [0.2, 0.25) is 0 Å². The fourth-order valence-corrected chi connectivity index (χ4v) is 5.13. The number of carbonyl (C=O) groups is 1. The van der Waals surface area contributed by atoms with E-state index in [2.05, 4.69) is 26.7 Å². The highest BCUT2D eigenvalue weighted by Gasteiger charge is 2.20. The van der Waals surface area contributed by atoms with Gasteiger partial charge in [0.1, 0.15) is 10.8 Å². The highest BCUT2D eigenvalue weighted by Crippen LogP contribution is 2.33. The molecule has 1 aromatic carbocycles. The number of thiophene rings is 1. The van der Waals surface area contributed by atoms with Gasteiger partial charge in [-0.2, -0.15) is 0 Å². The third-order valence-electron chi connectivity index (χ3n) is 5.42. The number of hydrogen-bond acceptors (Lipinski definition) is 6. The molecule has 0 fully saturated rings. The second-order valence-electron chi connectivity index (χ2n) is 7.56. The molecule has 1 N–H and O–H groups in total. The molecule has 172 valence electrons. The van der Waals surface area contributed by atoms with Crippen LogP contribution in [0.1, 0.15) is 27.3 Å². The lowest BCUT2D eigenvalue weighted by Gasteiger charge is -2.10. The van der Waals surface area contributed by atoms with Gasteiger partial charge in [-0.15, -0.1) is 22.7 Å². The van der Waals surface area contributed by atoms with Crippen molar-refractivity contribution in [2.24, 2.45) is 0 Å². The van der Waals surface area contributed by atoms with Crippen molar-refractivity contribution in [2.75, 3.05) is 27.4 Å². The van der Waals surface area contributed by atoms with E-state index in [4.69, 9.17) is 14.5 Å². The molecule has 4 aromatic rings. The number of nitrogens with zero attached hydrogens (tertiary/aromatic N) is 2. The molecule has 0 aliphatic carbocycles. The lowest BCUT2D eigenvalue weighted by molar-refractivity contribution is 0.0948. The van der Waals surface area contributed by atoms with E-state index in [0.29, 0.717) is 25.3 Å². The van der Waals surface area contributed by atoms with E-state index < -0.39 is 0 Å². The summed E-state index contributed by atoms with van der Waals surface area (Å²) in [7, 11) is 3.32. The summed E-state index contributed by atoms with van der Waals surface area (Å²) >= 11 is 3.30. The third kappa shape index (κ3) is 5.35. The Kier molecular flexibility index (Phi) is 7.59. The minimum atomic E-state index is -0.0691. The second-order valence-corrected chi connectivity index (χ2v) is 9.45. The summed E-state index contributed by atoms with van der Waals surface area (Å²) in [6.45, 7) is 3.90. The molecule has 0 atom stereocenters. The van der Waals surface area contributed by atoms with Crippen LogP contribution in [0.15, 0.2) is 53.2 Å². The van der Waals surface area contributed by atoms with E-state index in [9.17, 15) is 4.79 Å². The average molecular weight is 482 g/mol. The number of rotatable bonds is 10. The Labute approximate surface area is 201 Å². The minimum Gasteiger partial charge on any atom is -0.497 e. The van der Waals surface area contributed by atoms with Crippen LogP contribution < -0.4 is 10.1 Å². The molecule has 0 saturated carbocycles. The van der Waals surface area contributed by atoms with Crippen molar-refractivity contribution in [3.63, 3.8) is 0 Å². The molecule has 3 heterocycles. The first-order valence-corrected chi connectivity index (χ1v) is 12.5. The van der Waals surface area contributed by atoms with Crippen LogP contribution in [-0.2, 0) is 11.3 Å². The quantitative estimate of drug-likeness (QED) is 0.305. The van der Waals surface area contributed by atoms with Crippen molar-refractivity contribution >= 4 is 28.6 Å². The van der Waals surface area contributed by atoms with E-state index in [1.165, 1.54) is 4.88 Å². The Balaban J connectivity index is 1.66. The highest BCUT2D eigenvalue weighted by molar-refractivity contribution is 7.13. The first-order valence-electron chi connectivity index (χ1n) is 10.7. The molecular formula is C25H27N3O3S2. The van der Waals surface area contributed by atoms with E-state index >= 15 is 0 Å². The van der Waals surface area contributed by atoms with Gasteiger partial charge in [0.05, 0.1) is 30.6 Å². The monoisotopic (exact) mass is 481 g/mol. The number of ether oxygens (including phenoxy) is 2. The zero-order valence-electron chi connectivity index (χ0n) is 19.0. The molecule has 0 aliphatic rings. The van der Waals surface area contributed by atoms with Gasteiger partial charge >= 0.3 is 0 Å². The maximum atomic E-state index is 12.9. The van der Waals surface area contributed by atoms with Crippen LogP contribution in [-0.4, -0.2) is 42.8 Å². The Bertz CT molecular complexity index is 1190. The van der Waals surface area contributed by atoms with Crippen LogP contribution in [0.2, 0.25) is 0 Å². The van der Waals surface area contributed by atoms with Gasteiger partial charge in [-0.05, 0) is 55.1 Å². The SMILES string of the molecule is COCCCNC(=O)c1cc(-c2csc(-c3ccc(OC)cc3)n2)n(Cc2cccs2)c1C. The number of thiazole rings is 1. The molecule has 6 nitrogen and oxygen atoms in total. The Morgan fingerprint density at radius 3 is 2.67 bits per heavy atom. The smallest absolute Gasteiger partial charge is 0.253 e. The van der Waals surface area contributed by atoms with Crippen molar-refractivity contribution in [3.8, 4) is 27.7 Å². The van der Waals surface area contributed by atoms with Gasteiger partial charge in [-0.25, -0.2) is 4.98 Å². The van der Waals surface area contributed by atoms with Crippen LogP contribution in [0.25, 0.3) is 22.0 Å². The summed E-state index contributed by atoms with van der Waals surface area (Å²) in [5.74, 6) is 0.748. The second kappa shape index (κ2) is 10.8. The lowest BCUT2D eigenvalue weighted by Crippen LogP contribution is -2.25. The third-order valence-corrected chi connectivity index (χ3v) is 7.17. The Morgan fingerprint density at radius 2 is 1.97 bits per heavy atom. The number of aromatic nitrogens is 2. The Hall–Kier alpha value is -2.94. The molecule has 8 heteroatoms. The molecule has 0 radical (unpaired) electrons. The molecule has 0 aliphatic heterocycles. The lowest BCUT2D eigenvalue weighted by atomic mass is 10.2. The number of hydrogen-bond donors (Lipinski definition) is 1. The van der Waals surface area contributed by atoms with Crippen molar-refractivity contribution in [1.29, 1.82) is 0 Å². The molecule has 0 spiro atoms. The van der Waals surface area contributed by atoms with Crippen molar-refractivity contribution in [3.05, 3.63) is 69.4 Å². The summed E-state index contributed by atoms with van der Waals surface area (Å²) in [5, 5.41) is 8.06. The average Bonchev–Trinajstić information content (AvgIpc) is 3.59. The van der Waals surface area contributed by atoms with Crippen LogP contribution in [0.3, 0.4) is 0 Å². The minimum absolute atomic E-state index is 0.0691. The standard InChI is InChI=1S/C25H27N3O3S2/c1-17-21(24(29)26-11-5-12-30-2)14-23(28(17)15-20-6-4-13-32-20)22-16-33-25(27-22)18-7-9-19(31-3)10-8-18/h4,6-10,13-14,16H,5,11-12,15H2,1-3H3,(H,26,29). The number of carbonyl (C=O) groups excluding carboxylic acids is 1. The van der Waals surface area contributed by atoms with Crippen LogP contribution in [0, 0.1) is 6.92 Å². The van der Waals surface area contributed by atoms with Gasteiger partial charge in [0.15, 0.2) is 0 Å². The van der Waals surface area contributed by atoms with Gasteiger partial charge in [-0.3, -0.25) is 4.79 Å². The molecule has 0 unspecified atom stereocenters. The molecule has 3 aromatic heterocycles. The van der Waals surface area contributed by atoms with Crippen molar-refractivity contribution in [1.82, 2.24) is 14.9 Å². The van der Waals surface area contributed by atoms with Crippen LogP contribution in [0.4, 0.5) is 0 Å². The number of methoxy groups -OCH3 is 2. The van der Waals surface area contributed by atoms with Gasteiger partial charge in [-0.1, -0.05) is 6.07 Å². The van der Waals surface area contributed by atoms with Gasteiger partial charge in [0.25, 0.3) is 5.91 Å². The Morgan fingerprint density at radius 1 is 1.15 bits per heavy atom. The largest absolute Gasteiger partial charge is 0.497 e. The van der Waals surface area contributed by atoms with E-state index in [0.717, 1.165) is 39.8 Å². The number of benzene rings is 1. The van der Waals surface area contributed by atoms with E-state index in [1.54, 1.807) is 36.9 Å². The van der Waals surface area contributed by atoms with E-state index in [-0.39, 0.29) is 5.91 Å². The van der Waals surface area contributed by atoms with Crippen LogP contribution >= 0.6 is 22.7 Å². The summed E-state index contributed by atoms with van der Waals surface area (Å²) in [6, 6.07) is 14.0. The van der Waals surface area contributed by atoms with Gasteiger partial charge < -0.3 is 19.4 Å². The van der Waals surface area contributed by atoms with Crippen molar-refractivity contribution < 1.29 is 14.3 Å². The maximum Gasteiger partial charge on any atom is 0.253 e. The first-order chi connectivity index (χ1) is 16.1.